The van der Waals surface area contributed by atoms with Crippen LogP contribution in [-0.2, 0) is 55.5 Å². The van der Waals surface area contributed by atoms with Crippen molar-refractivity contribution in [2.24, 2.45) is 0 Å². The van der Waals surface area contributed by atoms with E-state index in [0.29, 0.717) is 59.1 Å². The minimum atomic E-state index is -5.04. The molecule has 0 bridgehead atoms. The first-order valence-electron chi connectivity index (χ1n) is 20.0. The van der Waals surface area contributed by atoms with Crippen molar-refractivity contribution in [3.8, 4) is 22.3 Å². The molecule has 0 spiro atoms. The molecule has 2 aliphatic carbocycles. The molecule has 4 aromatic rings. The van der Waals surface area contributed by atoms with Crippen LogP contribution < -0.4 is 0 Å². The summed E-state index contributed by atoms with van der Waals surface area (Å²) in [6.45, 7) is 12.1. The predicted molar refractivity (Wildman–Crippen MR) is 215 cm³/mol. The van der Waals surface area contributed by atoms with Gasteiger partial charge in [0.05, 0.1) is 0 Å². The van der Waals surface area contributed by atoms with Gasteiger partial charge in [-0.2, -0.15) is 0 Å². The van der Waals surface area contributed by atoms with Gasteiger partial charge >= 0.3 is 346 Å². The summed E-state index contributed by atoms with van der Waals surface area (Å²) >= 11 is -4.63. The Morgan fingerprint density at radius 2 is 0.800 bits per heavy atom. The summed E-state index contributed by atoms with van der Waals surface area (Å²) in [7, 11) is 0. The molecule has 2 unspecified atom stereocenters. The summed E-state index contributed by atoms with van der Waals surface area (Å²) < 4.78 is 175. The van der Waals surface area contributed by atoms with E-state index in [-0.39, 0.29) is 30.5 Å². The molecular weight excluding hydrogens is 900 g/mol. The van der Waals surface area contributed by atoms with E-state index in [1.54, 1.807) is 0 Å². The normalized spacial score (nSPS) is 18.0. The fraction of sp³-hybridized carbons (Fsp3) is 0.391. The van der Waals surface area contributed by atoms with Gasteiger partial charge in [-0.1, -0.05) is 0 Å². The molecule has 0 radical (unpaired) electrons. The summed E-state index contributed by atoms with van der Waals surface area (Å²) in [5, 5.41) is 0. The molecule has 0 saturated heterocycles. The van der Waals surface area contributed by atoms with Crippen molar-refractivity contribution in [2.45, 2.75) is 108 Å². The Balaban J connectivity index is 1.63. The number of rotatable bonds is 9. The Kier molecular flexibility index (Phi) is 11.9. The second-order valence-corrected chi connectivity index (χ2v) is 55.7. The topological polar surface area (TPSA) is 0 Å². The van der Waals surface area contributed by atoms with E-state index in [0.717, 1.165) is 46.5 Å². The summed E-state index contributed by atoms with van der Waals surface area (Å²) in [6.07, 6.45) is -14.4. The van der Waals surface area contributed by atoms with Crippen molar-refractivity contribution < 1.29 is 70.6 Å². The van der Waals surface area contributed by atoms with Gasteiger partial charge in [-0.3, -0.25) is 0 Å². The van der Waals surface area contributed by atoms with E-state index < -0.39 is 70.8 Å². The Morgan fingerprint density at radius 3 is 1.05 bits per heavy atom. The molecule has 323 valence electrons. The first-order valence-corrected chi connectivity index (χ1v) is 34.9. The third kappa shape index (κ3) is 7.94. The van der Waals surface area contributed by atoms with Crippen molar-refractivity contribution in [1.82, 2.24) is 0 Å². The number of hydrogen-bond acceptors (Lipinski definition) is 0. The second kappa shape index (κ2) is 15.5. The van der Waals surface area contributed by atoms with Gasteiger partial charge in [0.25, 0.3) is 0 Å². The quantitative estimate of drug-likeness (QED) is 0.116. The molecule has 4 aromatic carbocycles. The minimum absolute atomic E-state index is 0.130. The molecule has 60 heavy (non-hydrogen) atoms. The van der Waals surface area contributed by atoms with Crippen LogP contribution in [0.5, 0.6) is 0 Å². The first-order chi connectivity index (χ1) is 27.5. The molecule has 6 rings (SSSR count). The van der Waals surface area contributed by atoms with E-state index in [1.807, 2.05) is 64.1 Å². The Bertz CT molecular complexity index is 2180. The van der Waals surface area contributed by atoms with E-state index in [9.17, 15) is 52.7 Å². The van der Waals surface area contributed by atoms with E-state index in [4.69, 9.17) is 0 Å². The zero-order valence-electron chi connectivity index (χ0n) is 34.5. The summed E-state index contributed by atoms with van der Waals surface area (Å²) in [5.41, 5.74) is 0.565. The zero-order chi connectivity index (χ0) is 44.7. The van der Waals surface area contributed by atoms with Crippen molar-refractivity contribution in [3.63, 3.8) is 0 Å². The molecule has 0 nitrogen and oxygen atoms in total. The van der Waals surface area contributed by atoms with Gasteiger partial charge in [-0.25, -0.2) is 0 Å². The Morgan fingerprint density at radius 1 is 0.500 bits per heavy atom. The number of fused-ring (bicyclic) bond motifs is 2. The van der Waals surface area contributed by atoms with E-state index in [2.05, 4.69) is 22.4 Å². The number of allylic oxidation sites excluding steroid dienone is 2. The van der Waals surface area contributed by atoms with Crippen LogP contribution in [0.2, 0.25) is 22.4 Å². The third-order valence-corrected chi connectivity index (χ3v) is 60.6. The third-order valence-electron chi connectivity index (χ3n) is 13.4. The molecule has 0 aliphatic heterocycles. The van der Waals surface area contributed by atoms with Gasteiger partial charge in [-0.15, -0.1) is 0 Å². The van der Waals surface area contributed by atoms with Gasteiger partial charge in [0, 0.05) is 0 Å². The van der Waals surface area contributed by atoms with E-state index >= 15 is 0 Å². The Hall–Kier alpha value is -3.38. The fourth-order valence-corrected chi connectivity index (χ4v) is 41.1. The first kappa shape index (κ1) is 46.1. The van der Waals surface area contributed by atoms with Gasteiger partial charge in [0.1, 0.15) is 0 Å². The van der Waals surface area contributed by atoms with Crippen molar-refractivity contribution in [3.05, 3.63) is 127 Å². The Labute approximate surface area is 344 Å². The van der Waals surface area contributed by atoms with Crippen molar-refractivity contribution in [2.75, 3.05) is 0 Å². The number of hydrogen-bond donors (Lipinski definition) is 0. The molecule has 14 heteroatoms. The van der Waals surface area contributed by atoms with Gasteiger partial charge < -0.3 is 0 Å². The molecule has 0 amide bonds. The zero-order valence-corrected chi connectivity index (χ0v) is 38.1. The standard InChI is InChI=1S/2C21H17F6.C2H7Si.2CH3.Zr/c2*1-3-4-13-5-6-14-7-12(2)8-18(14)19(13)15-9-16(20(22,23)24)11-17(10-15)21(25,26)27;1-3-2;;;/h2*5-11H,3-4H2,1-2H3;3H,1-2H3;2*1H3;. The van der Waals surface area contributed by atoms with Gasteiger partial charge in [0.15, 0.2) is 0 Å². The molecule has 0 saturated carbocycles. The summed E-state index contributed by atoms with van der Waals surface area (Å²) in [6, 6.07) is 11.0. The van der Waals surface area contributed by atoms with Crippen LogP contribution in [0.1, 0.15) is 103 Å². The van der Waals surface area contributed by atoms with Crippen LogP contribution in [-0.4, -0.2) is 5.92 Å². The molecule has 2 atom stereocenters. The number of halogens is 12. The van der Waals surface area contributed by atoms with Crippen LogP contribution in [0, 0.1) is 0 Å². The average molecular weight is 947 g/mol. The average Bonchev–Trinajstić information content (AvgIpc) is 3.66. The number of benzene rings is 4. The molecular formula is C46H47F12SiZr. The molecule has 0 fully saturated rings. The van der Waals surface area contributed by atoms with Crippen LogP contribution in [0.3, 0.4) is 0 Å². The molecule has 0 aromatic heterocycles. The van der Waals surface area contributed by atoms with Gasteiger partial charge in [0.2, 0.25) is 0 Å². The number of alkyl halides is 12. The molecule has 0 heterocycles. The predicted octanol–water partition coefficient (Wildman–Crippen LogP) is 16.4. The SMILES string of the molecule is CCCc1ccc2c(c1-c1cc(C(F)(F)F)cc(C(F)(F)F)c1)C=C(C)[CH]2[Zr]([CH3])([CH3])([CH]1C(C)=Cc2c1ccc(CCC)c2-c1cc(C(F)(F)F)cc(C(F)(F)F)c1)[SiH](C)C. The van der Waals surface area contributed by atoms with Crippen molar-refractivity contribution in [1.29, 1.82) is 0 Å². The maximum atomic E-state index is 14.2. The molecule has 0 N–H and O–H groups in total. The fourth-order valence-electron chi connectivity index (χ4n) is 10.4. The van der Waals surface area contributed by atoms with Crippen LogP contribution in [0.15, 0.2) is 71.8 Å². The molecule has 2 aliphatic rings. The van der Waals surface area contributed by atoms with E-state index in [1.165, 1.54) is 0 Å². The monoisotopic (exact) mass is 945 g/mol. The van der Waals surface area contributed by atoms with Gasteiger partial charge in [-0.05, 0) is 0 Å². The second-order valence-electron chi connectivity index (χ2n) is 17.8. The summed E-state index contributed by atoms with van der Waals surface area (Å²) in [4.78, 5) is 0. The van der Waals surface area contributed by atoms with Crippen LogP contribution >= 0.6 is 0 Å². The maximum absolute atomic E-state index is 14.2. The van der Waals surface area contributed by atoms with Crippen molar-refractivity contribution >= 4 is 18.1 Å². The number of aryl methyl sites for hydroxylation is 2. The van der Waals surface area contributed by atoms with Crippen LogP contribution in [0.4, 0.5) is 52.7 Å². The van der Waals surface area contributed by atoms with Crippen LogP contribution in [0.25, 0.3) is 34.4 Å². The summed E-state index contributed by atoms with van der Waals surface area (Å²) in [5.74, 6) is -1.84.